The number of carboxylic acids is 1. The number of hydrogen-bond acceptors (Lipinski definition) is 5. The molecule has 0 spiro atoms. The average molecular weight is 492 g/mol. The molecule has 0 fully saturated rings. The summed E-state index contributed by atoms with van der Waals surface area (Å²) in [7, 11) is 0. The number of aromatic carboxylic acids is 1. The summed E-state index contributed by atoms with van der Waals surface area (Å²) < 4.78 is 14.1. The number of aromatic amines is 1. The van der Waals surface area contributed by atoms with E-state index in [4.69, 9.17) is 5.11 Å². The molecular weight excluding hydrogens is 471 g/mol. The molecule has 6 N–H and O–H groups in total. The van der Waals surface area contributed by atoms with Crippen LogP contribution in [0.1, 0.15) is 48.8 Å². The van der Waals surface area contributed by atoms with Crippen molar-refractivity contribution in [1.82, 2.24) is 10.3 Å². The third-order valence-corrected chi connectivity index (χ3v) is 5.73. The van der Waals surface area contributed by atoms with E-state index in [1.165, 1.54) is 18.2 Å². The molecule has 0 saturated carbocycles. The second kappa shape index (κ2) is 9.47. The largest absolute Gasteiger partial charge is 0.478 e. The van der Waals surface area contributed by atoms with Crippen LogP contribution < -0.4 is 16.0 Å². The van der Waals surface area contributed by atoms with Crippen molar-refractivity contribution in [3.05, 3.63) is 81.4 Å². The van der Waals surface area contributed by atoms with Gasteiger partial charge in [0.25, 0.3) is 11.8 Å². The number of aliphatic hydroxyl groups excluding tert-OH is 1. The number of anilines is 2. The molecule has 0 aliphatic carbocycles. The Kier molecular flexibility index (Phi) is 6.41. The fraction of sp³-hybridized carbons (Fsp3) is 0.120. The number of benzene rings is 2. The maximum Gasteiger partial charge on any atom is 0.337 e. The van der Waals surface area contributed by atoms with E-state index in [9.17, 15) is 28.7 Å². The summed E-state index contributed by atoms with van der Waals surface area (Å²) in [6.45, 7) is 2.89. The predicted octanol–water partition coefficient (Wildman–Crippen LogP) is 3.42. The maximum absolute atomic E-state index is 14.1. The van der Waals surface area contributed by atoms with Crippen molar-refractivity contribution in [2.75, 3.05) is 10.6 Å². The van der Waals surface area contributed by atoms with Gasteiger partial charge < -0.3 is 25.8 Å². The summed E-state index contributed by atoms with van der Waals surface area (Å²) in [5.41, 5.74) is 3.02. The summed E-state index contributed by atoms with van der Waals surface area (Å²) in [6.07, 6.45) is 1.56. The number of aliphatic hydroxyl groups is 1. The first kappa shape index (κ1) is 24.4. The number of H-pyrrole nitrogens is 1. The van der Waals surface area contributed by atoms with Crippen molar-refractivity contribution < 1.29 is 33.8 Å². The lowest BCUT2D eigenvalue weighted by Gasteiger charge is -2.09. The van der Waals surface area contributed by atoms with Crippen molar-refractivity contribution in [1.29, 1.82) is 0 Å². The van der Waals surface area contributed by atoms with Crippen molar-refractivity contribution in [3.8, 4) is 0 Å². The topological polar surface area (TPSA) is 161 Å². The van der Waals surface area contributed by atoms with Crippen LogP contribution in [0.15, 0.2) is 36.4 Å². The van der Waals surface area contributed by atoms with E-state index in [2.05, 4.69) is 15.6 Å². The lowest BCUT2D eigenvalue weighted by atomic mass is 10.0. The van der Waals surface area contributed by atoms with Gasteiger partial charge in [0.1, 0.15) is 5.82 Å². The number of carbonyl (C=O) groups excluding carboxylic acids is 3. The van der Waals surface area contributed by atoms with Crippen LogP contribution in [0.3, 0.4) is 0 Å². The maximum atomic E-state index is 14.1. The number of halogens is 1. The molecule has 1 aliphatic rings. The Morgan fingerprint density at radius 2 is 1.86 bits per heavy atom. The average Bonchev–Trinajstić information content (AvgIpc) is 3.27. The highest BCUT2D eigenvalue weighted by Gasteiger charge is 2.26. The van der Waals surface area contributed by atoms with E-state index >= 15 is 0 Å². The van der Waals surface area contributed by atoms with Gasteiger partial charge in [0, 0.05) is 22.6 Å². The second-order valence-electron chi connectivity index (χ2n) is 8.12. The van der Waals surface area contributed by atoms with Gasteiger partial charge in [-0.1, -0.05) is 12.1 Å². The van der Waals surface area contributed by atoms with E-state index in [1.807, 2.05) is 5.32 Å². The molecule has 0 radical (unpaired) electrons. The number of fused-ring (bicyclic) bond motifs is 1. The van der Waals surface area contributed by atoms with Gasteiger partial charge in [-0.25, -0.2) is 14.0 Å². The molecule has 0 saturated heterocycles. The van der Waals surface area contributed by atoms with Crippen molar-refractivity contribution in [2.24, 2.45) is 0 Å². The molecule has 4 amide bonds. The van der Waals surface area contributed by atoms with Gasteiger partial charge >= 0.3 is 12.0 Å². The van der Waals surface area contributed by atoms with E-state index in [-0.39, 0.29) is 22.4 Å². The molecule has 3 aromatic rings. The quantitative estimate of drug-likeness (QED) is 0.299. The number of hydrogen-bond donors (Lipinski definition) is 6. The Labute approximate surface area is 203 Å². The van der Waals surface area contributed by atoms with E-state index in [1.54, 1.807) is 26.0 Å². The fourth-order valence-electron chi connectivity index (χ4n) is 3.97. The second-order valence-corrected chi connectivity index (χ2v) is 8.12. The standard InChI is InChI=1S/C25H21FN4O6/c1-11-19(27-12(2)21(11)24(34)35)9-17-15-6-4-14(8-20(15)29-23(17)33)28-25(36)30-22(32)16-5-3-13(10-31)7-18(16)26/h3-9,27,31H,10H2,1-2H3,(H,29,33)(H,34,35)(H2,28,30,32,36). The number of amides is 4. The minimum Gasteiger partial charge on any atom is -0.478 e. The van der Waals surface area contributed by atoms with Gasteiger partial charge in [0.2, 0.25) is 0 Å². The van der Waals surface area contributed by atoms with Crippen molar-refractivity contribution in [3.63, 3.8) is 0 Å². The van der Waals surface area contributed by atoms with Gasteiger partial charge in [0.05, 0.1) is 29.0 Å². The van der Waals surface area contributed by atoms with Crippen LogP contribution >= 0.6 is 0 Å². The Morgan fingerprint density at radius 1 is 1.11 bits per heavy atom. The Balaban J connectivity index is 1.51. The summed E-state index contributed by atoms with van der Waals surface area (Å²) in [5.74, 6) is -3.33. The zero-order valence-corrected chi connectivity index (χ0v) is 19.2. The molecule has 0 unspecified atom stereocenters. The summed E-state index contributed by atoms with van der Waals surface area (Å²) >= 11 is 0. The van der Waals surface area contributed by atoms with Gasteiger partial charge in [-0.3, -0.25) is 14.9 Å². The Bertz CT molecular complexity index is 1470. The summed E-state index contributed by atoms with van der Waals surface area (Å²) in [6, 6.07) is 7.21. The number of aryl methyl sites for hydroxylation is 1. The Morgan fingerprint density at radius 3 is 2.50 bits per heavy atom. The highest BCUT2D eigenvalue weighted by Crippen LogP contribution is 2.35. The number of rotatable bonds is 5. The van der Waals surface area contributed by atoms with Crippen LogP contribution in [0, 0.1) is 19.7 Å². The zero-order valence-electron chi connectivity index (χ0n) is 19.2. The molecule has 11 heteroatoms. The van der Waals surface area contributed by atoms with Crippen LogP contribution in [0.4, 0.5) is 20.6 Å². The highest BCUT2D eigenvalue weighted by molar-refractivity contribution is 6.35. The van der Waals surface area contributed by atoms with Crippen LogP contribution in [0.2, 0.25) is 0 Å². The third kappa shape index (κ3) is 4.59. The molecule has 2 aromatic carbocycles. The summed E-state index contributed by atoms with van der Waals surface area (Å²) in [4.78, 5) is 51.5. The van der Waals surface area contributed by atoms with Crippen molar-refractivity contribution >= 4 is 46.8 Å². The SMILES string of the molecule is Cc1[nH]c(C=C2C(=O)Nc3cc(NC(=O)NC(=O)c4ccc(CO)cc4F)ccc32)c(C)c1C(=O)O. The summed E-state index contributed by atoms with van der Waals surface area (Å²) in [5, 5.41) is 25.6. The molecule has 1 aliphatic heterocycles. The number of urea groups is 1. The Hall–Kier alpha value is -4.77. The van der Waals surface area contributed by atoms with Gasteiger partial charge in [-0.15, -0.1) is 0 Å². The molecule has 0 atom stereocenters. The monoisotopic (exact) mass is 492 g/mol. The first-order chi connectivity index (χ1) is 17.1. The molecular formula is C25H21FN4O6. The fourth-order valence-corrected chi connectivity index (χ4v) is 3.97. The number of aromatic nitrogens is 1. The minimum absolute atomic E-state index is 0.143. The normalized spacial score (nSPS) is 13.3. The molecule has 10 nitrogen and oxygen atoms in total. The molecule has 36 heavy (non-hydrogen) atoms. The van der Waals surface area contributed by atoms with E-state index < -0.39 is 36.2 Å². The van der Waals surface area contributed by atoms with E-state index in [0.717, 1.165) is 12.1 Å². The first-order valence-electron chi connectivity index (χ1n) is 10.7. The van der Waals surface area contributed by atoms with Gasteiger partial charge in [0.15, 0.2) is 0 Å². The third-order valence-electron chi connectivity index (χ3n) is 5.73. The first-order valence-corrected chi connectivity index (χ1v) is 10.7. The van der Waals surface area contributed by atoms with Crippen LogP contribution in [-0.4, -0.2) is 39.0 Å². The highest BCUT2D eigenvalue weighted by atomic mass is 19.1. The van der Waals surface area contributed by atoms with Crippen molar-refractivity contribution in [2.45, 2.75) is 20.5 Å². The number of carbonyl (C=O) groups is 4. The van der Waals surface area contributed by atoms with Crippen LogP contribution in [0.5, 0.6) is 0 Å². The van der Waals surface area contributed by atoms with Crippen LogP contribution in [0.25, 0.3) is 11.6 Å². The molecule has 2 heterocycles. The smallest absolute Gasteiger partial charge is 0.337 e. The zero-order chi connectivity index (χ0) is 26.1. The van der Waals surface area contributed by atoms with Crippen LogP contribution in [-0.2, 0) is 11.4 Å². The number of imide groups is 1. The number of nitrogens with one attached hydrogen (secondary N) is 4. The lowest BCUT2D eigenvalue weighted by molar-refractivity contribution is -0.110. The molecule has 4 rings (SSSR count). The predicted molar refractivity (Wildman–Crippen MR) is 129 cm³/mol. The van der Waals surface area contributed by atoms with E-state index in [0.29, 0.717) is 33.8 Å². The number of carboxylic acid groups (broad SMARTS) is 1. The molecule has 1 aromatic heterocycles. The minimum atomic E-state index is -1.07. The lowest BCUT2D eigenvalue weighted by Crippen LogP contribution is -2.34. The van der Waals surface area contributed by atoms with Gasteiger partial charge in [-0.05, 0) is 55.3 Å². The molecule has 0 bridgehead atoms. The molecule has 184 valence electrons. The van der Waals surface area contributed by atoms with Gasteiger partial charge in [-0.2, -0.15) is 0 Å².